The van der Waals surface area contributed by atoms with Crippen LogP contribution in [-0.4, -0.2) is 105 Å². The Morgan fingerprint density at radius 1 is 0.933 bits per heavy atom. The first kappa shape index (κ1) is 22.7. The molecule has 0 bridgehead atoms. The van der Waals surface area contributed by atoms with Gasteiger partial charge in [-0.1, -0.05) is 0 Å². The zero-order valence-electron chi connectivity index (χ0n) is 17.8. The summed E-state index contributed by atoms with van der Waals surface area (Å²) in [6.07, 6.45) is 0. The van der Waals surface area contributed by atoms with Gasteiger partial charge in [-0.25, -0.2) is 0 Å². The van der Waals surface area contributed by atoms with Crippen LogP contribution in [-0.2, 0) is 20.9 Å². The summed E-state index contributed by atoms with van der Waals surface area (Å²) < 4.78 is 16.1. The molecule has 2 aliphatic rings. The maximum atomic E-state index is 12.5. The van der Waals surface area contributed by atoms with Crippen molar-refractivity contribution in [1.29, 1.82) is 0 Å². The van der Waals surface area contributed by atoms with Gasteiger partial charge in [-0.15, -0.1) is 11.8 Å². The van der Waals surface area contributed by atoms with E-state index in [0.29, 0.717) is 50.9 Å². The summed E-state index contributed by atoms with van der Waals surface area (Å²) in [4.78, 5) is 30.7. The van der Waals surface area contributed by atoms with E-state index in [9.17, 15) is 9.59 Å². The second kappa shape index (κ2) is 11.4. The van der Waals surface area contributed by atoms with Crippen LogP contribution in [0.3, 0.4) is 0 Å². The van der Waals surface area contributed by atoms with Gasteiger partial charge in [0.15, 0.2) is 0 Å². The molecule has 1 aromatic carbocycles. The fraction of sp³-hybridized carbons (Fsp3) is 0.619. The standard InChI is InChI=1S/C21H31N3O5S/c1-27-18-3-4-19(28-2)17(13-18)14-22-5-7-23(8-6-22)20(25)15-30-16-21(26)24-9-11-29-12-10-24/h3-4,13H,5-12,14-16H2,1-2H3. The lowest BCUT2D eigenvalue weighted by molar-refractivity contribution is -0.132. The van der Waals surface area contributed by atoms with E-state index in [4.69, 9.17) is 14.2 Å². The molecule has 0 atom stereocenters. The third-order valence-electron chi connectivity index (χ3n) is 5.42. The quantitative estimate of drug-likeness (QED) is 0.599. The second-order valence-corrected chi connectivity index (χ2v) is 8.31. The molecule has 0 aliphatic carbocycles. The molecule has 2 aliphatic heterocycles. The van der Waals surface area contributed by atoms with Crippen molar-refractivity contribution in [2.75, 3.05) is 78.2 Å². The number of carbonyl (C=O) groups is 2. The zero-order valence-corrected chi connectivity index (χ0v) is 18.6. The maximum Gasteiger partial charge on any atom is 0.232 e. The molecule has 0 radical (unpaired) electrons. The van der Waals surface area contributed by atoms with Gasteiger partial charge in [0.2, 0.25) is 11.8 Å². The number of rotatable bonds is 8. The number of carbonyl (C=O) groups excluding carboxylic acids is 2. The highest BCUT2D eigenvalue weighted by atomic mass is 32.2. The number of hydrogen-bond donors (Lipinski definition) is 0. The van der Waals surface area contributed by atoms with Crippen molar-refractivity contribution in [2.24, 2.45) is 0 Å². The Morgan fingerprint density at radius 3 is 2.17 bits per heavy atom. The number of ether oxygens (including phenoxy) is 3. The van der Waals surface area contributed by atoms with Crippen LogP contribution in [0, 0.1) is 0 Å². The highest BCUT2D eigenvalue weighted by Crippen LogP contribution is 2.25. The Bertz CT molecular complexity index is 719. The van der Waals surface area contributed by atoms with Gasteiger partial charge >= 0.3 is 0 Å². The van der Waals surface area contributed by atoms with Crippen molar-refractivity contribution in [2.45, 2.75) is 6.54 Å². The molecular weight excluding hydrogens is 406 g/mol. The first-order chi connectivity index (χ1) is 14.6. The topological polar surface area (TPSA) is 71.6 Å². The van der Waals surface area contributed by atoms with Crippen molar-refractivity contribution in [3.63, 3.8) is 0 Å². The molecule has 0 aromatic heterocycles. The fourth-order valence-electron chi connectivity index (χ4n) is 3.62. The molecule has 3 rings (SSSR count). The smallest absolute Gasteiger partial charge is 0.232 e. The molecule has 2 amide bonds. The molecule has 0 saturated carbocycles. The monoisotopic (exact) mass is 437 g/mol. The highest BCUT2D eigenvalue weighted by molar-refractivity contribution is 8.00. The van der Waals surface area contributed by atoms with Crippen LogP contribution in [0.2, 0.25) is 0 Å². The molecule has 2 saturated heterocycles. The number of benzene rings is 1. The molecule has 9 heteroatoms. The molecule has 0 unspecified atom stereocenters. The van der Waals surface area contributed by atoms with E-state index in [2.05, 4.69) is 4.90 Å². The van der Waals surface area contributed by atoms with E-state index in [1.807, 2.05) is 28.0 Å². The Morgan fingerprint density at radius 2 is 1.57 bits per heavy atom. The number of nitrogens with zero attached hydrogens (tertiary/aromatic N) is 3. The van der Waals surface area contributed by atoms with E-state index in [0.717, 1.165) is 36.7 Å². The van der Waals surface area contributed by atoms with Crippen molar-refractivity contribution in [3.8, 4) is 11.5 Å². The van der Waals surface area contributed by atoms with Crippen molar-refractivity contribution in [3.05, 3.63) is 23.8 Å². The highest BCUT2D eigenvalue weighted by Gasteiger charge is 2.23. The minimum Gasteiger partial charge on any atom is -0.497 e. The number of thioether (sulfide) groups is 1. The van der Waals surface area contributed by atoms with Gasteiger partial charge in [-0.3, -0.25) is 14.5 Å². The minimum absolute atomic E-state index is 0.0909. The normalized spacial score (nSPS) is 17.7. The summed E-state index contributed by atoms with van der Waals surface area (Å²) in [5.41, 5.74) is 1.08. The van der Waals surface area contributed by atoms with E-state index in [1.54, 1.807) is 14.2 Å². The lowest BCUT2D eigenvalue weighted by Gasteiger charge is -2.35. The van der Waals surface area contributed by atoms with E-state index >= 15 is 0 Å². The Balaban J connectivity index is 1.39. The van der Waals surface area contributed by atoms with Crippen LogP contribution in [0.15, 0.2) is 18.2 Å². The summed E-state index contributed by atoms with van der Waals surface area (Å²) >= 11 is 1.40. The zero-order chi connectivity index (χ0) is 21.3. The van der Waals surface area contributed by atoms with Gasteiger partial charge < -0.3 is 24.0 Å². The second-order valence-electron chi connectivity index (χ2n) is 7.32. The lowest BCUT2D eigenvalue weighted by atomic mass is 10.1. The SMILES string of the molecule is COc1ccc(OC)c(CN2CCN(C(=O)CSCC(=O)N3CCOCC3)CC2)c1. The van der Waals surface area contributed by atoms with Crippen LogP contribution in [0.4, 0.5) is 0 Å². The van der Waals surface area contributed by atoms with Gasteiger partial charge in [0.05, 0.1) is 38.9 Å². The molecule has 30 heavy (non-hydrogen) atoms. The number of hydrogen-bond acceptors (Lipinski definition) is 7. The third-order valence-corrected chi connectivity index (χ3v) is 6.32. The first-order valence-corrected chi connectivity index (χ1v) is 11.4. The maximum absolute atomic E-state index is 12.5. The predicted octanol–water partition coefficient (Wildman–Crippen LogP) is 0.940. The van der Waals surface area contributed by atoms with Crippen LogP contribution in [0.1, 0.15) is 5.56 Å². The van der Waals surface area contributed by atoms with Crippen molar-refractivity contribution >= 4 is 23.6 Å². The van der Waals surface area contributed by atoms with E-state index in [1.165, 1.54) is 11.8 Å². The number of amides is 2. The average Bonchev–Trinajstić information content (AvgIpc) is 2.80. The molecule has 1 aromatic rings. The van der Waals surface area contributed by atoms with Gasteiger partial charge in [-0.2, -0.15) is 0 Å². The van der Waals surface area contributed by atoms with Crippen LogP contribution in [0.25, 0.3) is 0 Å². The van der Waals surface area contributed by atoms with Crippen molar-refractivity contribution < 1.29 is 23.8 Å². The van der Waals surface area contributed by atoms with Crippen LogP contribution >= 0.6 is 11.8 Å². The van der Waals surface area contributed by atoms with Crippen LogP contribution < -0.4 is 9.47 Å². The molecule has 166 valence electrons. The van der Waals surface area contributed by atoms with Crippen molar-refractivity contribution in [1.82, 2.24) is 14.7 Å². The summed E-state index contributed by atoms with van der Waals surface area (Å²) in [7, 11) is 3.33. The van der Waals surface area contributed by atoms with Gasteiger partial charge in [0.25, 0.3) is 0 Å². The first-order valence-electron chi connectivity index (χ1n) is 10.2. The molecule has 0 N–H and O–H groups in total. The average molecular weight is 438 g/mol. The number of methoxy groups -OCH3 is 2. The largest absolute Gasteiger partial charge is 0.497 e. The molecule has 2 heterocycles. The summed E-state index contributed by atoms with van der Waals surface area (Å²) in [5, 5.41) is 0. The number of piperazine rings is 1. The Labute approximate surface area is 182 Å². The Kier molecular flexibility index (Phi) is 8.65. The summed E-state index contributed by atoms with van der Waals surface area (Å²) in [6, 6.07) is 5.81. The van der Waals surface area contributed by atoms with E-state index < -0.39 is 0 Å². The van der Waals surface area contributed by atoms with Gasteiger partial charge in [0, 0.05) is 51.4 Å². The molecule has 0 spiro atoms. The Hall–Kier alpha value is -1.97. The van der Waals surface area contributed by atoms with Gasteiger partial charge in [-0.05, 0) is 18.2 Å². The summed E-state index contributed by atoms with van der Waals surface area (Å²) in [6.45, 7) is 6.26. The third kappa shape index (κ3) is 6.26. The predicted molar refractivity (Wildman–Crippen MR) is 116 cm³/mol. The van der Waals surface area contributed by atoms with Crippen LogP contribution in [0.5, 0.6) is 11.5 Å². The van der Waals surface area contributed by atoms with Gasteiger partial charge in [0.1, 0.15) is 11.5 Å². The molecular formula is C21H31N3O5S. The molecule has 8 nitrogen and oxygen atoms in total. The fourth-order valence-corrected chi connectivity index (χ4v) is 4.44. The van der Waals surface area contributed by atoms with E-state index in [-0.39, 0.29) is 11.8 Å². The minimum atomic E-state index is 0.0909. The summed E-state index contributed by atoms with van der Waals surface area (Å²) in [5.74, 6) is 2.54. The lowest BCUT2D eigenvalue weighted by Crippen LogP contribution is -2.49. The number of morpholine rings is 1. The molecule has 2 fully saturated rings.